The zero-order chi connectivity index (χ0) is 20.5. The van der Waals surface area contributed by atoms with Gasteiger partial charge in [-0.2, -0.15) is 0 Å². The van der Waals surface area contributed by atoms with Crippen molar-refractivity contribution >= 4 is 40.9 Å². The van der Waals surface area contributed by atoms with Gasteiger partial charge in [-0.25, -0.2) is 4.90 Å². The lowest BCUT2D eigenvalue weighted by Gasteiger charge is -2.29. The number of imide groups is 1. The molecule has 2 heterocycles. The second kappa shape index (κ2) is 8.22. The lowest BCUT2D eigenvalue weighted by molar-refractivity contribution is -0.121. The predicted molar refractivity (Wildman–Crippen MR) is 115 cm³/mol. The maximum absolute atomic E-state index is 13.4. The molecule has 0 bridgehead atoms. The van der Waals surface area contributed by atoms with Gasteiger partial charge in [0, 0.05) is 23.0 Å². The Kier molecular flexibility index (Phi) is 5.67. The number of nitrogens with zero attached hydrogens (tertiary/aromatic N) is 2. The average molecular weight is 429 g/mol. The average Bonchev–Trinajstić information content (AvgIpc) is 2.93. The van der Waals surface area contributed by atoms with Crippen molar-refractivity contribution < 1.29 is 14.3 Å². The fraction of sp³-hybridized carbons (Fsp3) is 0.273. The van der Waals surface area contributed by atoms with E-state index >= 15 is 0 Å². The van der Waals surface area contributed by atoms with E-state index in [1.165, 1.54) is 16.7 Å². The SMILES string of the molecule is Cc1cc(C)cc(N2C(=O)C(Sc3ccc(Cl)cc3)=C(N3CCOCC3)C2=O)c1. The van der Waals surface area contributed by atoms with Gasteiger partial charge in [0.15, 0.2) is 0 Å². The molecule has 0 aliphatic carbocycles. The first-order valence-electron chi connectivity index (χ1n) is 9.41. The molecule has 2 aromatic carbocycles. The van der Waals surface area contributed by atoms with E-state index in [2.05, 4.69) is 0 Å². The number of carbonyl (C=O) groups is 2. The van der Waals surface area contributed by atoms with Crippen molar-refractivity contribution in [2.45, 2.75) is 18.7 Å². The maximum atomic E-state index is 13.4. The number of hydrogen-bond acceptors (Lipinski definition) is 5. The van der Waals surface area contributed by atoms with Crippen molar-refractivity contribution in [3.8, 4) is 0 Å². The molecule has 2 aromatic rings. The first-order chi connectivity index (χ1) is 13.9. The van der Waals surface area contributed by atoms with Crippen LogP contribution in [-0.2, 0) is 14.3 Å². The van der Waals surface area contributed by atoms with Crippen LogP contribution in [0.2, 0.25) is 5.02 Å². The number of hydrogen-bond donors (Lipinski definition) is 0. The third-order valence-electron chi connectivity index (χ3n) is 4.84. The Bertz CT molecular complexity index is 977. The lowest BCUT2D eigenvalue weighted by atomic mass is 10.1. The van der Waals surface area contributed by atoms with Crippen LogP contribution in [0.15, 0.2) is 58.0 Å². The van der Waals surface area contributed by atoms with Crippen molar-refractivity contribution in [1.82, 2.24) is 4.90 Å². The summed E-state index contributed by atoms with van der Waals surface area (Å²) in [4.78, 5) is 31.4. The molecule has 0 spiro atoms. The molecular formula is C22H21ClN2O3S. The van der Waals surface area contributed by atoms with Crippen LogP contribution in [0.25, 0.3) is 0 Å². The number of amides is 2. The number of morpholine rings is 1. The van der Waals surface area contributed by atoms with E-state index < -0.39 is 0 Å². The molecule has 0 saturated carbocycles. The molecule has 5 nitrogen and oxygen atoms in total. The summed E-state index contributed by atoms with van der Waals surface area (Å²) < 4.78 is 5.44. The molecule has 2 aliphatic heterocycles. The molecule has 0 unspecified atom stereocenters. The topological polar surface area (TPSA) is 49.9 Å². The highest BCUT2D eigenvalue weighted by Gasteiger charge is 2.42. The minimum absolute atomic E-state index is 0.279. The van der Waals surface area contributed by atoms with Crippen molar-refractivity contribution in [2.75, 3.05) is 31.2 Å². The highest BCUT2D eigenvalue weighted by Crippen LogP contribution is 2.39. The third kappa shape index (κ3) is 4.06. The monoisotopic (exact) mass is 428 g/mol. The molecule has 7 heteroatoms. The van der Waals surface area contributed by atoms with Gasteiger partial charge in [-0.15, -0.1) is 0 Å². The first kappa shape index (κ1) is 20.0. The van der Waals surface area contributed by atoms with E-state index in [-0.39, 0.29) is 11.8 Å². The Hall–Kier alpha value is -2.28. The summed E-state index contributed by atoms with van der Waals surface area (Å²) in [7, 11) is 0. The van der Waals surface area contributed by atoms with E-state index in [1.807, 2.05) is 49.1 Å². The van der Waals surface area contributed by atoms with Crippen LogP contribution >= 0.6 is 23.4 Å². The van der Waals surface area contributed by atoms with E-state index in [9.17, 15) is 9.59 Å². The van der Waals surface area contributed by atoms with Gasteiger partial charge in [-0.3, -0.25) is 9.59 Å². The van der Waals surface area contributed by atoms with E-state index in [1.54, 1.807) is 12.1 Å². The number of aryl methyl sites for hydroxylation is 2. The summed E-state index contributed by atoms with van der Waals surface area (Å²) in [5.74, 6) is -0.570. The number of anilines is 1. The van der Waals surface area contributed by atoms with Gasteiger partial charge in [0.05, 0.1) is 18.9 Å². The summed E-state index contributed by atoms with van der Waals surface area (Å²) in [5, 5.41) is 0.627. The smallest absolute Gasteiger partial charge is 0.283 e. The Balaban J connectivity index is 1.75. The molecule has 0 atom stereocenters. The Morgan fingerprint density at radius 3 is 2.17 bits per heavy atom. The van der Waals surface area contributed by atoms with Gasteiger partial charge >= 0.3 is 0 Å². The quantitative estimate of drug-likeness (QED) is 0.684. The second-order valence-corrected chi connectivity index (χ2v) is 8.64. The minimum Gasteiger partial charge on any atom is -0.378 e. The predicted octanol–water partition coefficient (Wildman–Crippen LogP) is 4.17. The van der Waals surface area contributed by atoms with Crippen molar-refractivity contribution in [3.05, 3.63) is 69.2 Å². The number of carbonyl (C=O) groups excluding carboxylic acids is 2. The van der Waals surface area contributed by atoms with Gasteiger partial charge < -0.3 is 9.64 Å². The summed E-state index contributed by atoms with van der Waals surface area (Å²) in [6, 6.07) is 13.0. The van der Waals surface area contributed by atoms with Crippen LogP contribution in [0.5, 0.6) is 0 Å². The van der Waals surface area contributed by atoms with Crippen LogP contribution < -0.4 is 4.90 Å². The summed E-state index contributed by atoms with van der Waals surface area (Å²) in [6.45, 7) is 6.16. The van der Waals surface area contributed by atoms with Crippen LogP contribution in [-0.4, -0.2) is 43.0 Å². The molecule has 1 saturated heterocycles. The zero-order valence-electron chi connectivity index (χ0n) is 16.3. The fourth-order valence-corrected chi connectivity index (χ4v) is 4.72. The van der Waals surface area contributed by atoms with Crippen molar-refractivity contribution in [2.24, 2.45) is 0 Å². The Labute approximate surface area is 179 Å². The summed E-state index contributed by atoms with van der Waals surface area (Å²) in [5.41, 5.74) is 3.08. The zero-order valence-corrected chi connectivity index (χ0v) is 17.8. The summed E-state index contributed by atoms with van der Waals surface area (Å²) >= 11 is 7.30. The Morgan fingerprint density at radius 2 is 1.55 bits per heavy atom. The van der Waals surface area contributed by atoms with E-state index in [4.69, 9.17) is 16.3 Å². The molecule has 4 rings (SSSR count). The molecule has 1 fully saturated rings. The highest BCUT2D eigenvalue weighted by molar-refractivity contribution is 8.04. The lowest BCUT2D eigenvalue weighted by Crippen LogP contribution is -2.40. The maximum Gasteiger partial charge on any atom is 0.283 e. The molecule has 29 heavy (non-hydrogen) atoms. The highest BCUT2D eigenvalue weighted by atomic mass is 35.5. The van der Waals surface area contributed by atoms with E-state index in [0.717, 1.165) is 16.0 Å². The number of ether oxygens (including phenoxy) is 1. The second-order valence-electron chi connectivity index (χ2n) is 7.12. The van der Waals surface area contributed by atoms with Crippen LogP contribution in [0.1, 0.15) is 11.1 Å². The molecule has 0 radical (unpaired) electrons. The Morgan fingerprint density at radius 1 is 0.931 bits per heavy atom. The molecule has 2 aliphatic rings. The summed E-state index contributed by atoms with van der Waals surface area (Å²) in [6.07, 6.45) is 0. The number of rotatable bonds is 4. The molecule has 0 aromatic heterocycles. The van der Waals surface area contributed by atoms with Crippen molar-refractivity contribution in [1.29, 1.82) is 0 Å². The van der Waals surface area contributed by atoms with Crippen LogP contribution in [0, 0.1) is 13.8 Å². The van der Waals surface area contributed by atoms with Gasteiger partial charge in [-0.1, -0.05) is 29.4 Å². The normalized spacial score (nSPS) is 17.5. The fourth-order valence-electron chi connectivity index (χ4n) is 3.59. The van der Waals surface area contributed by atoms with Crippen molar-refractivity contribution in [3.63, 3.8) is 0 Å². The van der Waals surface area contributed by atoms with Crippen LogP contribution in [0.3, 0.4) is 0 Å². The number of halogens is 1. The number of thioether (sulfide) groups is 1. The third-order valence-corrected chi connectivity index (χ3v) is 6.18. The minimum atomic E-state index is -0.290. The van der Waals surface area contributed by atoms with Gasteiger partial charge in [-0.05, 0) is 61.4 Å². The molecular weight excluding hydrogens is 408 g/mol. The largest absolute Gasteiger partial charge is 0.378 e. The van der Waals surface area contributed by atoms with Gasteiger partial charge in [0.25, 0.3) is 11.8 Å². The number of benzene rings is 2. The van der Waals surface area contributed by atoms with E-state index in [0.29, 0.717) is 47.6 Å². The molecule has 0 N–H and O–H groups in total. The molecule has 150 valence electrons. The first-order valence-corrected chi connectivity index (χ1v) is 10.6. The van der Waals surface area contributed by atoms with Gasteiger partial charge in [0.1, 0.15) is 10.6 Å². The molecule has 2 amide bonds. The van der Waals surface area contributed by atoms with Crippen LogP contribution in [0.4, 0.5) is 5.69 Å². The standard InChI is InChI=1S/C22H21ClN2O3S/c1-14-11-15(2)13-17(12-14)25-21(26)19(24-7-9-28-10-8-24)20(22(25)27)29-18-5-3-16(23)4-6-18/h3-6,11-13H,7-10H2,1-2H3. The van der Waals surface area contributed by atoms with Gasteiger partial charge in [0.2, 0.25) is 0 Å².